The highest BCUT2D eigenvalue weighted by atomic mass is 16.5. The quantitative estimate of drug-likeness (QED) is 0.663. The van der Waals surface area contributed by atoms with Gasteiger partial charge in [-0.3, -0.25) is 10.1 Å². The molecule has 0 saturated heterocycles. The van der Waals surface area contributed by atoms with E-state index in [2.05, 4.69) is 21.3 Å². The summed E-state index contributed by atoms with van der Waals surface area (Å²) in [7, 11) is 0. The number of aromatic hydroxyl groups is 1. The Morgan fingerprint density at radius 2 is 2.00 bits per heavy atom. The van der Waals surface area contributed by atoms with Crippen LogP contribution in [0.15, 0.2) is 60.1 Å². The number of pyridine rings is 1. The molecule has 3 heterocycles. The van der Waals surface area contributed by atoms with Crippen LogP contribution in [0.1, 0.15) is 17.0 Å². The Bertz CT molecular complexity index is 1000. The van der Waals surface area contributed by atoms with E-state index in [9.17, 15) is 10.4 Å². The molecule has 3 aromatic rings. The van der Waals surface area contributed by atoms with Crippen LogP contribution >= 0.6 is 0 Å². The van der Waals surface area contributed by atoms with Gasteiger partial charge in [0, 0.05) is 6.20 Å². The predicted octanol–water partition coefficient (Wildman–Crippen LogP) is 2.40. The lowest BCUT2D eigenvalue weighted by molar-refractivity contribution is 0.379. The minimum atomic E-state index is -0.467. The number of aromatic nitrogens is 3. The highest BCUT2D eigenvalue weighted by Crippen LogP contribution is 2.45. The molecule has 0 saturated carbocycles. The maximum Gasteiger partial charge on any atom is 0.244 e. The van der Waals surface area contributed by atoms with Crippen molar-refractivity contribution in [3.63, 3.8) is 0 Å². The molecule has 0 fully saturated rings. The summed E-state index contributed by atoms with van der Waals surface area (Å²) in [5.74, 6) is 0.0103. The van der Waals surface area contributed by atoms with Crippen LogP contribution in [0.3, 0.4) is 0 Å². The van der Waals surface area contributed by atoms with Crippen molar-refractivity contribution in [3.05, 3.63) is 71.2 Å². The van der Waals surface area contributed by atoms with Crippen LogP contribution in [0, 0.1) is 11.3 Å². The second kappa shape index (κ2) is 5.69. The molecule has 1 aliphatic rings. The summed E-state index contributed by atoms with van der Waals surface area (Å²) in [5.41, 5.74) is 9.04. The van der Waals surface area contributed by atoms with Gasteiger partial charge in [0.25, 0.3) is 0 Å². The molecular weight excluding hydrogens is 318 g/mol. The lowest BCUT2D eigenvalue weighted by atomic mass is 9.83. The van der Waals surface area contributed by atoms with Gasteiger partial charge >= 0.3 is 0 Å². The number of benzene rings is 1. The third-order valence-corrected chi connectivity index (χ3v) is 4.09. The summed E-state index contributed by atoms with van der Waals surface area (Å²) in [6, 6.07) is 14.3. The van der Waals surface area contributed by atoms with Crippen LogP contribution in [-0.2, 0) is 0 Å². The third-order valence-electron chi connectivity index (χ3n) is 4.09. The summed E-state index contributed by atoms with van der Waals surface area (Å²) in [5, 5.41) is 26.3. The van der Waals surface area contributed by atoms with E-state index >= 15 is 0 Å². The maximum atomic E-state index is 9.61. The molecule has 2 aromatic heterocycles. The molecule has 7 heteroatoms. The first kappa shape index (κ1) is 14.8. The van der Waals surface area contributed by atoms with Crippen LogP contribution in [0.2, 0.25) is 0 Å². The number of aromatic amines is 1. The van der Waals surface area contributed by atoms with Gasteiger partial charge in [0.15, 0.2) is 0 Å². The fourth-order valence-corrected chi connectivity index (χ4v) is 2.95. The van der Waals surface area contributed by atoms with Crippen molar-refractivity contribution >= 4 is 0 Å². The zero-order valence-corrected chi connectivity index (χ0v) is 13.0. The number of nitrogens with one attached hydrogen (secondary N) is 1. The number of nitriles is 1. The molecule has 0 unspecified atom stereocenters. The molecule has 1 aliphatic heterocycles. The van der Waals surface area contributed by atoms with E-state index in [1.54, 1.807) is 30.5 Å². The monoisotopic (exact) mass is 331 g/mol. The molecule has 25 heavy (non-hydrogen) atoms. The van der Waals surface area contributed by atoms with Crippen molar-refractivity contribution < 1.29 is 9.84 Å². The molecule has 1 aromatic carbocycles. The van der Waals surface area contributed by atoms with Crippen molar-refractivity contribution in [2.75, 3.05) is 0 Å². The van der Waals surface area contributed by atoms with Gasteiger partial charge in [-0.1, -0.05) is 18.2 Å². The standard InChI is InChI=1S/C18H13N5O2/c19-9-12-14(10-4-6-11(24)7-5-10)15-16(13-3-1-2-8-21-13)22-23-18(15)25-17(12)20/h1-8,14,24H,20H2,(H,22,23)/t14-/m1/s1. The fraction of sp³-hybridized carbons (Fsp3) is 0.0556. The lowest BCUT2D eigenvalue weighted by Gasteiger charge is -2.24. The van der Waals surface area contributed by atoms with E-state index in [-0.39, 0.29) is 17.2 Å². The summed E-state index contributed by atoms with van der Waals surface area (Å²) in [6.45, 7) is 0. The number of phenols is 1. The molecule has 0 spiro atoms. The number of hydrogen-bond acceptors (Lipinski definition) is 6. The zero-order valence-electron chi connectivity index (χ0n) is 13.0. The van der Waals surface area contributed by atoms with Crippen LogP contribution in [0.4, 0.5) is 0 Å². The van der Waals surface area contributed by atoms with Crippen LogP contribution in [0.5, 0.6) is 11.6 Å². The van der Waals surface area contributed by atoms with Gasteiger partial charge in [-0.05, 0) is 29.8 Å². The van der Waals surface area contributed by atoms with Gasteiger partial charge in [-0.15, -0.1) is 5.10 Å². The average molecular weight is 331 g/mol. The summed E-state index contributed by atoms with van der Waals surface area (Å²) in [4.78, 5) is 4.34. The number of fused-ring (bicyclic) bond motifs is 1. The highest BCUT2D eigenvalue weighted by Gasteiger charge is 2.35. The number of allylic oxidation sites excluding steroid dienone is 1. The van der Waals surface area contributed by atoms with Crippen LogP contribution < -0.4 is 10.5 Å². The Morgan fingerprint density at radius 3 is 2.68 bits per heavy atom. The molecule has 7 nitrogen and oxygen atoms in total. The molecule has 0 bridgehead atoms. The van der Waals surface area contributed by atoms with Gasteiger partial charge in [-0.25, -0.2) is 0 Å². The fourth-order valence-electron chi connectivity index (χ4n) is 2.95. The van der Waals surface area contributed by atoms with Crippen molar-refractivity contribution in [1.82, 2.24) is 15.2 Å². The van der Waals surface area contributed by atoms with Crippen molar-refractivity contribution in [1.29, 1.82) is 5.26 Å². The van der Waals surface area contributed by atoms with Crippen LogP contribution in [-0.4, -0.2) is 20.3 Å². The summed E-state index contributed by atoms with van der Waals surface area (Å²) in [6.07, 6.45) is 1.68. The SMILES string of the molecule is N#CC1=C(N)Oc2n[nH]c(-c3ccccn3)c2[C@@H]1c1ccc(O)cc1. The van der Waals surface area contributed by atoms with Gasteiger partial charge in [-0.2, -0.15) is 5.26 Å². The lowest BCUT2D eigenvalue weighted by Crippen LogP contribution is -2.21. The first-order valence-corrected chi connectivity index (χ1v) is 7.55. The number of rotatable bonds is 2. The number of phenolic OH excluding ortho intramolecular Hbond substituents is 1. The number of hydrogen-bond donors (Lipinski definition) is 3. The number of nitrogens with two attached hydrogens (primary N) is 1. The first-order valence-electron chi connectivity index (χ1n) is 7.55. The second-order valence-electron chi connectivity index (χ2n) is 5.55. The average Bonchev–Trinajstić information content (AvgIpc) is 3.05. The number of ether oxygens (including phenoxy) is 1. The van der Waals surface area contributed by atoms with E-state index in [1.807, 2.05) is 18.2 Å². The molecular formula is C18H13N5O2. The van der Waals surface area contributed by atoms with Crippen molar-refractivity contribution in [2.24, 2.45) is 5.73 Å². The molecule has 1 atom stereocenters. The van der Waals surface area contributed by atoms with E-state index in [0.717, 1.165) is 5.56 Å². The minimum absolute atomic E-state index is 0.0205. The Hall–Kier alpha value is -3.79. The summed E-state index contributed by atoms with van der Waals surface area (Å²) >= 11 is 0. The molecule has 4 rings (SSSR count). The Kier molecular flexibility index (Phi) is 3.36. The second-order valence-corrected chi connectivity index (χ2v) is 5.55. The van der Waals surface area contributed by atoms with E-state index in [0.29, 0.717) is 22.8 Å². The molecule has 0 radical (unpaired) electrons. The van der Waals surface area contributed by atoms with E-state index in [1.165, 1.54) is 0 Å². The normalized spacial score (nSPS) is 16.0. The van der Waals surface area contributed by atoms with Gasteiger partial charge in [0.05, 0.1) is 22.9 Å². The molecule has 0 amide bonds. The largest absolute Gasteiger partial charge is 0.508 e. The first-order chi connectivity index (χ1) is 12.2. The highest BCUT2D eigenvalue weighted by molar-refractivity contribution is 5.68. The van der Waals surface area contributed by atoms with Gasteiger partial charge < -0.3 is 15.6 Å². The number of H-pyrrole nitrogens is 1. The molecule has 0 aliphatic carbocycles. The van der Waals surface area contributed by atoms with Gasteiger partial charge in [0.1, 0.15) is 17.4 Å². The zero-order chi connectivity index (χ0) is 17.4. The topological polar surface area (TPSA) is 121 Å². The molecule has 122 valence electrons. The van der Waals surface area contributed by atoms with Crippen LogP contribution in [0.25, 0.3) is 11.4 Å². The van der Waals surface area contributed by atoms with Crippen molar-refractivity contribution in [3.8, 4) is 29.1 Å². The Labute approximate surface area is 143 Å². The van der Waals surface area contributed by atoms with E-state index in [4.69, 9.17) is 10.5 Å². The minimum Gasteiger partial charge on any atom is -0.508 e. The Morgan fingerprint density at radius 1 is 1.20 bits per heavy atom. The maximum absolute atomic E-state index is 9.61. The predicted molar refractivity (Wildman–Crippen MR) is 89.2 cm³/mol. The Balaban J connectivity index is 1.95. The number of nitrogens with zero attached hydrogens (tertiary/aromatic N) is 3. The van der Waals surface area contributed by atoms with Gasteiger partial charge in [0.2, 0.25) is 11.8 Å². The molecule has 4 N–H and O–H groups in total. The van der Waals surface area contributed by atoms with E-state index < -0.39 is 5.92 Å². The third kappa shape index (κ3) is 2.37. The van der Waals surface area contributed by atoms with Crippen molar-refractivity contribution in [2.45, 2.75) is 5.92 Å². The smallest absolute Gasteiger partial charge is 0.244 e. The summed E-state index contributed by atoms with van der Waals surface area (Å²) < 4.78 is 5.53.